The summed E-state index contributed by atoms with van der Waals surface area (Å²) in [4.78, 5) is 0.0667. The number of methoxy groups -OCH3 is 2. The van der Waals surface area contributed by atoms with Crippen LogP contribution in [0.2, 0.25) is 0 Å². The van der Waals surface area contributed by atoms with Crippen LogP contribution in [0.5, 0.6) is 11.5 Å². The van der Waals surface area contributed by atoms with Gasteiger partial charge in [-0.05, 0) is 18.6 Å². The fourth-order valence-electron chi connectivity index (χ4n) is 1.52. The molecule has 0 bridgehead atoms. The molecule has 2 N–H and O–H groups in total. The van der Waals surface area contributed by atoms with E-state index in [1.165, 1.54) is 32.4 Å². The molecule has 0 radical (unpaired) electrons. The van der Waals surface area contributed by atoms with Crippen LogP contribution in [0, 0.1) is 0 Å². The molecule has 1 rings (SSSR count). The van der Waals surface area contributed by atoms with Crippen LogP contribution >= 0.6 is 0 Å². The average Bonchev–Trinajstić information content (AvgIpc) is 2.43. The lowest BCUT2D eigenvalue weighted by atomic mass is 10.3. The Morgan fingerprint density at radius 1 is 1.26 bits per heavy atom. The summed E-state index contributed by atoms with van der Waals surface area (Å²) in [5.74, 6) is 0.790. The van der Waals surface area contributed by atoms with Gasteiger partial charge in [-0.15, -0.1) is 0 Å². The number of hydrogen-bond donors (Lipinski definition) is 2. The summed E-state index contributed by atoms with van der Waals surface area (Å²) in [7, 11) is -0.777. The van der Waals surface area contributed by atoms with Gasteiger partial charge in [0.25, 0.3) is 0 Å². The van der Waals surface area contributed by atoms with Crippen molar-refractivity contribution in [2.75, 3.05) is 20.8 Å². The van der Waals surface area contributed by atoms with E-state index in [0.29, 0.717) is 17.9 Å². The van der Waals surface area contributed by atoms with Gasteiger partial charge in [-0.25, -0.2) is 13.1 Å². The minimum atomic E-state index is -3.69. The number of benzene rings is 1. The number of sulfonamides is 1. The zero-order valence-corrected chi connectivity index (χ0v) is 12.0. The highest BCUT2D eigenvalue weighted by Gasteiger charge is 2.20. The maximum absolute atomic E-state index is 12.1. The molecule has 6 nitrogen and oxygen atoms in total. The average molecular weight is 289 g/mol. The molecular formula is C12H19NO5S. The second kappa shape index (κ2) is 6.74. The zero-order valence-electron chi connectivity index (χ0n) is 11.2. The topological polar surface area (TPSA) is 84.9 Å². The third-order valence-corrected chi connectivity index (χ3v) is 4.22. The fraction of sp³-hybridized carbons (Fsp3) is 0.500. The van der Waals surface area contributed by atoms with Gasteiger partial charge in [0.1, 0.15) is 0 Å². The number of aliphatic hydroxyl groups excluding tert-OH is 1. The van der Waals surface area contributed by atoms with E-state index in [-0.39, 0.29) is 11.5 Å². The third kappa shape index (κ3) is 3.82. The second-order valence-electron chi connectivity index (χ2n) is 3.93. The highest BCUT2D eigenvalue weighted by atomic mass is 32.2. The van der Waals surface area contributed by atoms with Gasteiger partial charge in [-0.2, -0.15) is 0 Å². The first kappa shape index (κ1) is 15.7. The van der Waals surface area contributed by atoms with Crippen LogP contribution in [-0.4, -0.2) is 40.4 Å². The van der Waals surface area contributed by atoms with E-state index in [9.17, 15) is 8.42 Å². The van der Waals surface area contributed by atoms with Gasteiger partial charge in [0.15, 0.2) is 11.5 Å². The SMILES string of the molecule is CC[C@H](CO)NS(=O)(=O)c1ccc(OC)c(OC)c1. The van der Waals surface area contributed by atoms with Crippen LogP contribution in [0.25, 0.3) is 0 Å². The predicted molar refractivity (Wildman–Crippen MR) is 71.0 cm³/mol. The maximum Gasteiger partial charge on any atom is 0.241 e. The second-order valence-corrected chi connectivity index (χ2v) is 5.64. The Labute approximate surface area is 113 Å². The standard InChI is InChI=1S/C12H19NO5S/c1-4-9(8-14)13-19(15,16)10-5-6-11(17-2)12(7-10)18-3/h5-7,9,13-14H,4,8H2,1-3H3/t9-/m1/s1. The largest absolute Gasteiger partial charge is 0.493 e. The fourth-order valence-corrected chi connectivity index (χ4v) is 2.85. The Morgan fingerprint density at radius 3 is 2.37 bits per heavy atom. The molecule has 1 aromatic rings. The molecule has 0 aromatic heterocycles. The quantitative estimate of drug-likeness (QED) is 0.774. The molecule has 0 saturated heterocycles. The van der Waals surface area contributed by atoms with E-state index >= 15 is 0 Å². The Morgan fingerprint density at radius 2 is 1.89 bits per heavy atom. The van der Waals surface area contributed by atoms with Gasteiger partial charge in [-0.3, -0.25) is 0 Å². The first-order chi connectivity index (χ1) is 8.98. The lowest BCUT2D eigenvalue weighted by Crippen LogP contribution is -2.36. The van der Waals surface area contributed by atoms with Crippen molar-refractivity contribution in [3.05, 3.63) is 18.2 Å². The molecular weight excluding hydrogens is 270 g/mol. The van der Waals surface area contributed by atoms with Gasteiger partial charge in [-0.1, -0.05) is 6.92 Å². The lowest BCUT2D eigenvalue weighted by molar-refractivity contribution is 0.254. The molecule has 0 saturated carbocycles. The van der Waals surface area contributed by atoms with E-state index in [4.69, 9.17) is 14.6 Å². The van der Waals surface area contributed by atoms with Crippen molar-refractivity contribution in [3.63, 3.8) is 0 Å². The van der Waals surface area contributed by atoms with Crippen molar-refractivity contribution >= 4 is 10.0 Å². The van der Waals surface area contributed by atoms with Crippen LogP contribution in [0.15, 0.2) is 23.1 Å². The van der Waals surface area contributed by atoms with Crippen molar-refractivity contribution in [2.45, 2.75) is 24.3 Å². The van der Waals surface area contributed by atoms with Crippen LogP contribution in [0.3, 0.4) is 0 Å². The Bertz CT molecular complexity index is 511. The molecule has 0 amide bonds. The summed E-state index contributed by atoms with van der Waals surface area (Å²) in [5.41, 5.74) is 0. The molecule has 0 aliphatic carbocycles. The first-order valence-electron chi connectivity index (χ1n) is 5.83. The van der Waals surface area contributed by atoms with Crippen molar-refractivity contribution < 1.29 is 23.0 Å². The molecule has 0 aliphatic rings. The molecule has 7 heteroatoms. The van der Waals surface area contributed by atoms with Crippen molar-refractivity contribution in [1.29, 1.82) is 0 Å². The summed E-state index contributed by atoms with van der Waals surface area (Å²) >= 11 is 0. The van der Waals surface area contributed by atoms with Gasteiger partial charge in [0.05, 0.1) is 25.7 Å². The van der Waals surface area contributed by atoms with E-state index < -0.39 is 16.1 Å². The number of nitrogens with one attached hydrogen (secondary N) is 1. The number of hydrogen-bond acceptors (Lipinski definition) is 5. The summed E-state index contributed by atoms with van der Waals surface area (Å²) in [6.45, 7) is 1.54. The highest BCUT2D eigenvalue weighted by Crippen LogP contribution is 2.29. The van der Waals surface area contributed by atoms with Gasteiger partial charge in [0, 0.05) is 12.1 Å². The smallest absolute Gasteiger partial charge is 0.241 e. The van der Waals surface area contributed by atoms with Crippen LogP contribution in [0.1, 0.15) is 13.3 Å². The van der Waals surface area contributed by atoms with Gasteiger partial charge < -0.3 is 14.6 Å². The third-order valence-electron chi connectivity index (χ3n) is 2.70. The minimum Gasteiger partial charge on any atom is -0.493 e. The van der Waals surface area contributed by atoms with Crippen molar-refractivity contribution in [1.82, 2.24) is 4.72 Å². The number of aliphatic hydroxyl groups is 1. The van der Waals surface area contributed by atoms with E-state index in [2.05, 4.69) is 4.72 Å². The molecule has 0 fully saturated rings. The molecule has 1 atom stereocenters. The van der Waals surface area contributed by atoms with Gasteiger partial charge in [0.2, 0.25) is 10.0 Å². The Hall–Kier alpha value is -1.31. The highest BCUT2D eigenvalue weighted by molar-refractivity contribution is 7.89. The lowest BCUT2D eigenvalue weighted by Gasteiger charge is -2.15. The number of rotatable bonds is 7. The zero-order chi connectivity index (χ0) is 14.5. The van der Waals surface area contributed by atoms with Crippen LogP contribution < -0.4 is 14.2 Å². The van der Waals surface area contributed by atoms with Gasteiger partial charge >= 0.3 is 0 Å². The normalized spacial score (nSPS) is 13.1. The molecule has 19 heavy (non-hydrogen) atoms. The Kier molecular flexibility index (Phi) is 5.59. The van der Waals surface area contributed by atoms with Crippen molar-refractivity contribution in [3.8, 4) is 11.5 Å². The van der Waals surface area contributed by atoms with E-state index in [0.717, 1.165) is 0 Å². The summed E-state index contributed by atoms with van der Waals surface area (Å²) < 4.78 is 36.8. The molecule has 0 unspecified atom stereocenters. The van der Waals surface area contributed by atoms with E-state index in [1.54, 1.807) is 6.92 Å². The molecule has 0 aliphatic heterocycles. The summed E-state index contributed by atoms with van der Waals surface area (Å²) in [6, 6.07) is 3.82. The summed E-state index contributed by atoms with van der Waals surface area (Å²) in [5, 5.41) is 9.05. The van der Waals surface area contributed by atoms with Crippen LogP contribution in [-0.2, 0) is 10.0 Å². The van der Waals surface area contributed by atoms with Crippen LogP contribution in [0.4, 0.5) is 0 Å². The maximum atomic E-state index is 12.1. The Balaban J connectivity index is 3.08. The molecule has 0 spiro atoms. The monoisotopic (exact) mass is 289 g/mol. The van der Waals surface area contributed by atoms with Crippen molar-refractivity contribution in [2.24, 2.45) is 0 Å². The summed E-state index contributed by atoms with van der Waals surface area (Å²) in [6.07, 6.45) is 0.503. The minimum absolute atomic E-state index is 0.0667. The molecule has 108 valence electrons. The first-order valence-corrected chi connectivity index (χ1v) is 7.32. The predicted octanol–water partition coefficient (Wildman–Crippen LogP) is 0.753. The van der Waals surface area contributed by atoms with E-state index in [1.807, 2.05) is 0 Å². The molecule has 1 aromatic carbocycles. The molecule has 0 heterocycles. The number of ether oxygens (including phenoxy) is 2.